The van der Waals surface area contributed by atoms with Crippen molar-refractivity contribution < 1.29 is 14.7 Å². The van der Waals surface area contributed by atoms with Gasteiger partial charge < -0.3 is 10.4 Å². The molecule has 0 aromatic heterocycles. The minimum Gasteiger partial charge on any atom is -0.480 e. The van der Waals surface area contributed by atoms with Crippen molar-refractivity contribution in [2.24, 2.45) is 0 Å². The minimum atomic E-state index is -1.02. The molecule has 0 fully saturated rings. The summed E-state index contributed by atoms with van der Waals surface area (Å²) < 4.78 is 0. The molecule has 0 spiro atoms. The van der Waals surface area contributed by atoms with Gasteiger partial charge in [0.25, 0.3) is 0 Å². The van der Waals surface area contributed by atoms with Crippen LogP contribution in [0.5, 0.6) is 0 Å². The van der Waals surface area contributed by atoms with Crippen LogP contribution in [0, 0.1) is 13.8 Å². The molecule has 1 aromatic carbocycles. The van der Waals surface area contributed by atoms with Gasteiger partial charge in [0.2, 0.25) is 5.91 Å². The van der Waals surface area contributed by atoms with E-state index >= 15 is 0 Å². The lowest BCUT2D eigenvalue weighted by atomic mass is 9.89. The molecular formula is C14H19NO3. The zero-order valence-electron chi connectivity index (χ0n) is 11.2. The number of aryl methyl sites for hydroxylation is 2. The average molecular weight is 249 g/mol. The molecule has 2 N–H and O–H groups in total. The first kappa shape index (κ1) is 14.2. The Morgan fingerprint density at radius 1 is 1.28 bits per heavy atom. The second-order valence-corrected chi connectivity index (χ2v) is 4.67. The van der Waals surface area contributed by atoms with Gasteiger partial charge in [-0.1, -0.05) is 30.7 Å². The Kier molecular flexibility index (Phi) is 4.48. The number of benzene rings is 1. The Balaban J connectivity index is 3.08. The highest BCUT2D eigenvalue weighted by Gasteiger charge is 2.27. The Labute approximate surface area is 107 Å². The number of rotatable bonds is 4. The summed E-state index contributed by atoms with van der Waals surface area (Å²) in [7, 11) is 0. The highest BCUT2D eigenvalue weighted by molar-refractivity contribution is 5.83. The van der Waals surface area contributed by atoms with E-state index in [2.05, 4.69) is 5.32 Å². The smallest absolute Gasteiger partial charge is 0.326 e. The molecule has 98 valence electrons. The zero-order chi connectivity index (χ0) is 13.9. The molecule has 0 aliphatic rings. The largest absolute Gasteiger partial charge is 0.480 e. The first-order valence-electron chi connectivity index (χ1n) is 5.90. The van der Waals surface area contributed by atoms with Crippen LogP contribution in [-0.4, -0.2) is 23.0 Å². The maximum atomic E-state index is 11.2. The lowest BCUT2D eigenvalue weighted by Crippen LogP contribution is -2.43. The molecular weight excluding hydrogens is 230 g/mol. The fraction of sp³-hybridized carbons (Fsp3) is 0.429. The fourth-order valence-corrected chi connectivity index (χ4v) is 2.05. The topological polar surface area (TPSA) is 66.4 Å². The summed E-state index contributed by atoms with van der Waals surface area (Å²) in [4.78, 5) is 22.3. The van der Waals surface area contributed by atoms with E-state index in [9.17, 15) is 14.7 Å². The van der Waals surface area contributed by atoms with Crippen LogP contribution in [0.3, 0.4) is 0 Å². The second-order valence-electron chi connectivity index (χ2n) is 4.67. The van der Waals surface area contributed by atoms with Gasteiger partial charge in [0.1, 0.15) is 6.04 Å². The molecule has 1 amide bonds. The van der Waals surface area contributed by atoms with Crippen LogP contribution in [0.2, 0.25) is 0 Å². The van der Waals surface area contributed by atoms with Crippen molar-refractivity contribution in [1.29, 1.82) is 0 Å². The molecule has 2 atom stereocenters. The number of carboxylic acids is 1. The Morgan fingerprint density at radius 2 is 1.89 bits per heavy atom. The van der Waals surface area contributed by atoms with E-state index in [4.69, 9.17) is 0 Å². The van der Waals surface area contributed by atoms with Crippen LogP contribution in [0.1, 0.15) is 36.5 Å². The third-order valence-corrected chi connectivity index (χ3v) is 3.05. The molecule has 1 rings (SSSR count). The molecule has 0 unspecified atom stereocenters. The normalized spacial score (nSPS) is 13.8. The monoisotopic (exact) mass is 249 g/mol. The first-order chi connectivity index (χ1) is 8.32. The number of hydrogen-bond donors (Lipinski definition) is 2. The van der Waals surface area contributed by atoms with Crippen molar-refractivity contribution in [3.63, 3.8) is 0 Å². The van der Waals surface area contributed by atoms with E-state index in [1.54, 1.807) is 0 Å². The molecule has 4 nitrogen and oxygen atoms in total. The van der Waals surface area contributed by atoms with Crippen LogP contribution in [0.15, 0.2) is 18.2 Å². The van der Waals surface area contributed by atoms with Crippen molar-refractivity contribution in [3.8, 4) is 0 Å². The Hall–Kier alpha value is -1.84. The third kappa shape index (κ3) is 3.32. The lowest BCUT2D eigenvalue weighted by Gasteiger charge is -2.23. The molecule has 0 aliphatic heterocycles. The van der Waals surface area contributed by atoms with Gasteiger partial charge in [-0.2, -0.15) is 0 Å². The number of carboxylic acid groups (broad SMARTS) is 1. The number of carbonyl (C=O) groups excluding carboxylic acids is 1. The predicted octanol–water partition coefficient (Wildman–Crippen LogP) is 2.00. The standard InChI is InChI=1S/C14H19NO3/c1-8-5-6-9(2)12(7-8)10(3)13(14(17)18)15-11(4)16/h5-7,10,13H,1-4H3,(H,15,16)(H,17,18)/t10-,13-/m0/s1. The van der Waals surface area contributed by atoms with E-state index in [1.165, 1.54) is 6.92 Å². The van der Waals surface area contributed by atoms with Gasteiger partial charge in [-0.3, -0.25) is 4.79 Å². The van der Waals surface area contributed by atoms with Crippen LogP contribution >= 0.6 is 0 Å². The maximum Gasteiger partial charge on any atom is 0.326 e. The first-order valence-corrected chi connectivity index (χ1v) is 5.90. The number of amides is 1. The van der Waals surface area contributed by atoms with Crippen molar-refractivity contribution in [3.05, 3.63) is 34.9 Å². The van der Waals surface area contributed by atoms with E-state index in [-0.39, 0.29) is 11.8 Å². The lowest BCUT2D eigenvalue weighted by molar-refractivity contribution is -0.142. The molecule has 4 heteroatoms. The summed E-state index contributed by atoms with van der Waals surface area (Å²) in [6, 6.07) is 5.02. The second kappa shape index (κ2) is 5.67. The number of carbonyl (C=O) groups is 2. The van der Waals surface area contributed by atoms with Gasteiger partial charge in [0.05, 0.1) is 0 Å². The average Bonchev–Trinajstić information content (AvgIpc) is 2.27. The van der Waals surface area contributed by atoms with Gasteiger partial charge >= 0.3 is 5.97 Å². The van der Waals surface area contributed by atoms with Crippen LogP contribution in [-0.2, 0) is 9.59 Å². The summed E-state index contributed by atoms with van der Waals surface area (Å²) in [5.74, 6) is -1.62. The molecule has 0 radical (unpaired) electrons. The highest BCUT2D eigenvalue weighted by atomic mass is 16.4. The molecule has 1 aromatic rings. The molecule has 0 bridgehead atoms. The zero-order valence-corrected chi connectivity index (χ0v) is 11.2. The highest BCUT2D eigenvalue weighted by Crippen LogP contribution is 2.24. The summed E-state index contributed by atoms with van der Waals surface area (Å²) in [6.45, 7) is 7.05. The van der Waals surface area contributed by atoms with E-state index < -0.39 is 12.0 Å². The number of hydrogen-bond acceptors (Lipinski definition) is 2. The van der Waals surface area contributed by atoms with Gasteiger partial charge in [-0.15, -0.1) is 0 Å². The predicted molar refractivity (Wildman–Crippen MR) is 69.6 cm³/mol. The molecule has 0 heterocycles. The third-order valence-electron chi connectivity index (χ3n) is 3.05. The van der Waals surface area contributed by atoms with Crippen molar-refractivity contribution in [1.82, 2.24) is 5.32 Å². The number of nitrogens with one attached hydrogen (secondary N) is 1. The summed E-state index contributed by atoms with van der Waals surface area (Å²) >= 11 is 0. The number of aliphatic carboxylic acids is 1. The van der Waals surface area contributed by atoms with Gasteiger partial charge in [-0.25, -0.2) is 4.79 Å². The van der Waals surface area contributed by atoms with Gasteiger partial charge in [0, 0.05) is 12.8 Å². The van der Waals surface area contributed by atoms with Crippen LogP contribution < -0.4 is 5.32 Å². The Morgan fingerprint density at radius 3 is 2.39 bits per heavy atom. The SMILES string of the molecule is CC(=O)N[C@H](C(=O)O)[C@@H](C)c1cc(C)ccc1C. The van der Waals surface area contributed by atoms with Gasteiger partial charge in [0.15, 0.2) is 0 Å². The molecule has 0 saturated carbocycles. The Bertz CT molecular complexity index is 468. The summed E-state index contributed by atoms with van der Waals surface area (Å²) in [6.07, 6.45) is 0. The van der Waals surface area contributed by atoms with Crippen LogP contribution in [0.25, 0.3) is 0 Å². The van der Waals surface area contributed by atoms with E-state index in [0.29, 0.717) is 0 Å². The minimum absolute atomic E-state index is 0.272. The van der Waals surface area contributed by atoms with Crippen LogP contribution in [0.4, 0.5) is 0 Å². The van der Waals surface area contributed by atoms with Crippen molar-refractivity contribution in [2.75, 3.05) is 0 Å². The summed E-state index contributed by atoms with van der Waals surface area (Å²) in [5.41, 5.74) is 3.07. The fourth-order valence-electron chi connectivity index (χ4n) is 2.05. The van der Waals surface area contributed by atoms with E-state index in [1.807, 2.05) is 39.0 Å². The van der Waals surface area contributed by atoms with E-state index in [0.717, 1.165) is 16.7 Å². The van der Waals surface area contributed by atoms with Crippen molar-refractivity contribution >= 4 is 11.9 Å². The quantitative estimate of drug-likeness (QED) is 0.857. The molecule has 0 saturated heterocycles. The maximum absolute atomic E-state index is 11.2. The molecule has 0 aliphatic carbocycles. The molecule has 18 heavy (non-hydrogen) atoms. The van der Waals surface area contributed by atoms with Crippen molar-refractivity contribution in [2.45, 2.75) is 39.7 Å². The van der Waals surface area contributed by atoms with Gasteiger partial charge in [-0.05, 0) is 25.0 Å². The summed E-state index contributed by atoms with van der Waals surface area (Å²) in [5, 5.41) is 11.7.